The minimum atomic E-state index is -0.993. The fourth-order valence-corrected chi connectivity index (χ4v) is 1.40. The van der Waals surface area contributed by atoms with Crippen LogP contribution in [0.3, 0.4) is 0 Å². The van der Waals surface area contributed by atoms with Gasteiger partial charge >= 0.3 is 12.0 Å². The maximum Gasteiger partial charge on any atom is 0.326 e. The molecule has 6 nitrogen and oxygen atoms in total. The maximum absolute atomic E-state index is 11.4. The summed E-state index contributed by atoms with van der Waals surface area (Å²) in [5.74, 6) is -0.993. The Morgan fingerprint density at radius 1 is 1.28 bits per heavy atom. The number of hydrogen-bond acceptors (Lipinski definition) is 3. The normalized spacial score (nSPS) is 11.9. The van der Waals surface area contributed by atoms with Crippen molar-refractivity contribution in [2.45, 2.75) is 45.6 Å². The lowest BCUT2D eigenvalue weighted by atomic mass is 10.1. The van der Waals surface area contributed by atoms with E-state index in [1.54, 1.807) is 0 Å². The third-order valence-electron chi connectivity index (χ3n) is 2.40. The number of carbonyl (C=O) groups is 2. The smallest absolute Gasteiger partial charge is 0.326 e. The van der Waals surface area contributed by atoms with Gasteiger partial charge in [-0.1, -0.05) is 19.8 Å². The third-order valence-corrected chi connectivity index (χ3v) is 2.40. The average molecular weight is 260 g/mol. The third kappa shape index (κ3) is 8.81. The van der Waals surface area contributed by atoms with Crippen molar-refractivity contribution >= 4 is 12.0 Å². The van der Waals surface area contributed by atoms with Crippen molar-refractivity contribution in [2.75, 3.05) is 19.8 Å². The van der Waals surface area contributed by atoms with E-state index in [9.17, 15) is 9.59 Å². The van der Waals surface area contributed by atoms with Gasteiger partial charge in [-0.25, -0.2) is 9.59 Å². The summed E-state index contributed by atoms with van der Waals surface area (Å²) in [4.78, 5) is 22.3. The number of aliphatic carboxylic acids is 1. The first-order chi connectivity index (χ1) is 8.61. The van der Waals surface area contributed by atoms with Crippen LogP contribution < -0.4 is 10.6 Å². The van der Waals surface area contributed by atoms with Gasteiger partial charge in [0.15, 0.2) is 0 Å². The molecule has 0 saturated carbocycles. The first kappa shape index (κ1) is 16.7. The first-order valence-electron chi connectivity index (χ1n) is 6.46. The second-order valence-corrected chi connectivity index (χ2v) is 3.98. The lowest BCUT2D eigenvalue weighted by Crippen LogP contribution is -2.46. The van der Waals surface area contributed by atoms with Gasteiger partial charge in [0.1, 0.15) is 6.04 Å². The minimum absolute atomic E-state index is 0.435. The Bertz CT molecular complexity index is 246. The Morgan fingerprint density at radius 2 is 2.00 bits per heavy atom. The van der Waals surface area contributed by atoms with Gasteiger partial charge in [-0.2, -0.15) is 0 Å². The molecule has 0 heterocycles. The molecule has 18 heavy (non-hydrogen) atoms. The fourth-order valence-electron chi connectivity index (χ4n) is 1.40. The van der Waals surface area contributed by atoms with Gasteiger partial charge in [0, 0.05) is 19.8 Å². The van der Waals surface area contributed by atoms with Crippen LogP contribution in [-0.4, -0.2) is 42.9 Å². The summed E-state index contributed by atoms with van der Waals surface area (Å²) >= 11 is 0. The molecule has 0 aliphatic heterocycles. The molecular weight excluding hydrogens is 236 g/mol. The molecule has 6 heteroatoms. The van der Waals surface area contributed by atoms with Crippen molar-refractivity contribution in [2.24, 2.45) is 0 Å². The number of ether oxygens (including phenoxy) is 1. The van der Waals surface area contributed by atoms with Crippen LogP contribution in [0.15, 0.2) is 0 Å². The van der Waals surface area contributed by atoms with Gasteiger partial charge in [0.25, 0.3) is 0 Å². The van der Waals surface area contributed by atoms with Gasteiger partial charge in [0.05, 0.1) is 0 Å². The van der Waals surface area contributed by atoms with Gasteiger partial charge in [-0.05, 0) is 19.8 Å². The molecule has 0 unspecified atom stereocenters. The highest BCUT2D eigenvalue weighted by atomic mass is 16.5. The van der Waals surface area contributed by atoms with Crippen molar-refractivity contribution in [1.82, 2.24) is 10.6 Å². The Morgan fingerprint density at radius 3 is 2.56 bits per heavy atom. The van der Waals surface area contributed by atoms with Crippen LogP contribution in [0.2, 0.25) is 0 Å². The zero-order valence-corrected chi connectivity index (χ0v) is 11.2. The topological polar surface area (TPSA) is 87.7 Å². The quantitative estimate of drug-likeness (QED) is 0.517. The van der Waals surface area contributed by atoms with E-state index in [1.165, 1.54) is 0 Å². The predicted molar refractivity (Wildman–Crippen MR) is 68.6 cm³/mol. The number of carboxylic acids is 1. The number of carbonyl (C=O) groups excluding carboxylic acids is 1. The Hall–Kier alpha value is -1.30. The fraction of sp³-hybridized carbons (Fsp3) is 0.833. The monoisotopic (exact) mass is 260 g/mol. The van der Waals surface area contributed by atoms with Crippen LogP contribution in [0.25, 0.3) is 0 Å². The highest BCUT2D eigenvalue weighted by molar-refractivity contribution is 5.82. The van der Waals surface area contributed by atoms with Crippen LogP contribution in [-0.2, 0) is 9.53 Å². The van der Waals surface area contributed by atoms with E-state index in [4.69, 9.17) is 9.84 Å². The van der Waals surface area contributed by atoms with Crippen LogP contribution in [0.4, 0.5) is 4.79 Å². The van der Waals surface area contributed by atoms with Crippen LogP contribution in [0, 0.1) is 0 Å². The summed E-state index contributed by atoms with van der Waals surface area (Å²) in [5, 5.41) is 14.0. The second kappa shape index (κ2) is 10.8. The summed E-state index contributed by atoms with van der Waals surface area (Å²) in [7, 11) is 0. The van der Waals surface area contributed by atoms with E-state index in [0.29, 0.717) is 32.6 Å². The Labute approximate surface area is 108 Å². The number of hydrogen-bond donors (Lipinski definition) is 3. The second-order valence-electron chi connectivity index (χ2n) is 3.98. The van der Waals surface area contributed by atoms with E-state index in [0.717, 1.165) is 12.8 Å². The molecule has 0 spiro atoms. The molecular formula is C12H24N2O4. The lowest BCUT2D eigenvalue weighted by molar-refractivity contribution is -0.139. The molecule has 2 amide bonds. The van der Waals surface area contributed by atoms with E-state index in [1.807, 2.05) is 13.8 Å². The number of rotatable bonds is 10. The summed E-state index contributed by atoms with van der Waals surface area (Å²) in [6.45, 7) is 5.61. The number of amides is 2. The number of nitrogens with one attached hydrogen (secondary N) is 2. The molecule has 0 saturated heterocycles. The van der Waals surface area contributed by atoms with Crippen molar-refractivity contribution in [3.63, 3.8) is 0 Å². The molecule has 3 N–H and O–H groups in total. The number of carboxylic acid groups (broad SMARTS) is 1. The summed E-state index contributed by atoms with van der Waals surface area (Å²) in [5.41, 5.74) is 0. The number of urea groups is 1. The van der Waals surface area contributed by atoms with E-state index >= 15 is 0 Å². The molecule has 0 aliphatic carbocycles. The van der Waals surface area contributed by atoms with Crippen LogP contribution in [0.1, 0.15) is 39.5 Å². The molecule has 0 rings (SSSR count). The van der Waals surface area contributed by atoms with Crippen molar-refractivity contribution in [3.05, 3.63) is 0 Å². The number of unbranched alkanes of at least 4 members (excludes halogenated alkanes) is 1. The predicted octanol–water partition coefficient (Wildman–Crippen LogP) is 1.36. The SMILES string of the molecule is CCCC[C@H](NC(=O)NCCCOCC)C(=O)O. The molecule has 0 aliphatic rings. The highest BCUT2D eigenvalue weighted by Crippen LogP contribution is 2.00. The first-order valence-corrected chi connectivity index (χ1v) is 6.46. The van der Waals surface area contributed by atoms with Gasteiger partial charge in [-0.15, -0.1) is 0 Å². The molecule has 0 aromatic heterocycles. The lowest BCUT2D eigenvalue weighted by Gasteiger charge is -2.14. The van der Waals surface area contributed by atoms with E-state index < -0.39 is 18.0 Å². The molecule has 0 fully saturated rings. The largest absolute Gasteiger partial charge is 0.480 e. The molecule has 0 bridgehead atoms. The van der Waals surface area contributed by atoms with Crippen LogP contribution >= 0.6 is 0 Å². The minimum Gasteiger partial charge on any atom is -0.480 e. The zero-order chi connectivity index (χ0) is 13.8. The van der Waals surface area contributed by atoms with Crippen LogP contribution in [0.5, 0.6) is 0 Å². The Balaban J connectivity index is 3.77. The van der Waals surface area contributed by atoms with Gasteiger partial charge in [-0.3, -0.25) is 0 Å². The van der Waals surface area contributed by atoms with Crippen molar-refractivity contribution in [3.8, 4) is 0 Å². The molecule has 0 radical (unpaired) electrons. The van der Waals surface area contributed by atoms with E-state index in [-0.39, 0.29) is 0 Å². The molecule has 0 aromatic carbocycles. The van der Waals surface area contributed by atoms with E-state index in [2.05, 4.69) is 10.6 Å². The maximum atomic E-state index is 11.4. The standard InChI is InChI=1S/C12H24N2O4/c1-3-5-7-10(11(15)16)14-12(17)13-8-6-9-18-4-2/h10H,3-9H2,1-2H3,(H,15,16)(H2,13,14,17)/t10-/m0/s1. The van der Waals surface area contributed by atoms with Crippen molar-refractivity contribution in [1.29, 1.82) is 0 Å². The van der Waals surface area contributed by atoms with Gasteiger partial charge in [0.2, 0.25) is 0 Å². The van der Waals surface area contributed by atoms with Crippen molar-refractivity contribution < 1.29 is 19.4 Å². The average Bonchev–Trinajstić information content (AvgIpc) is 2.33. The molecule has 0 aromatic rings. The zero-order valence-electron chi connectivity index (χ0n) is 11.2. The summed E-state index contributed by atoms with van der Waals surface area (Å²) < 4.78 is 5.12. The Kier molecular flexibility index (Phi) is 10.0. The summed E-state index contributed by atoms with van der Waals surface area (Å²) in [6.07, 6.45) is 2.86. The van der Waals surface area contributed by atoms with Gasteiger partial charge < -0.3 is 20.5 Å². The summed E-state index contributed by atoms with van der Waals surface area (Å²) in [6, 6.07) is -1.24. The highest BCUT2D eigenvalue weighted by Gasteiger charge is 2.18. The molecule has 1 atom stereocenters. The molecule has 106 valence electrons.